The highest BCUT2D eigenvalue weighted by Gasteiger charge is 2.19. The minimum atomic E-state index is -0.198. The van der Waals surface area contributed by atoms with E-state index in [1.807, 2.05) is 68.4 Å². The first-order valence-corrected chi connectivity index (χ1v) is 8.94. The predicted octanol–water partition coefficient (Wildman–Crippen LogP) is 4.30. The summed E-state index contributed by atoms with van der Waals surface area (Å²) in [5.41, 5.74) is 4.33. The number of aryl methyl sites for hydroxylation is 2. The van der Waals surface area contributed by atoms with Crippen LogP contribution in [0.5, 0.6) is 5.75 Å². The second-order valence-corrected chi connectivity index (χ2v) is 6.53. The van der Waals surface area contributed by atoms with Crippen molar-refractivity contribution in [2.24, 2.45) is 0 Å². The lowest BCUT2D eigenvalue weighted by Crippen LogP contribution is -2.13. The van der Waals surface area contributed by atoms with E-state index >= 15 is 0 Å². The molecule has 1 amide bonds. The van der Waals surface area contributed by atoms with Crippen LogP contribution in [0, 0.1) is 13.8 Å². The lowest BCUT2D eigenvalue weighted by Gasteiger charge is -2.09. The van der Waals surface area contributed by atoms with Crippen LogP contribution in [-0.4, -0.2) is 27.8 Å². The van der Waals surface area contributed by atoms with Crippen LogP contribution in [0.1, 0.15) is 21.7 Å². The molecule has 0 aliphatic heterocycles. The van der Waals surface area contributed by atoms with E-state index in [0.717, 1.165) is 28.2 Å². The number of carbonyl (C=O) groups excluding carboxylic acids is 1. The van der Waals surface area contributed by atoms with Crippen molar-refractivity contribution in [3.63, 3.8) is 0 Å². The van der Waals surface area contributed by atoms with Crippen LogP contribution >= 0.6 is 0 Å². The lowest BCUT2D eigenvalue weighted by molar-refractivity contribution is 0.102. The number of anilines is 1. The van der Waals surface area contributed by atoms with E-state index < -0.39 is 0 Å². The molecule has 0 aliphatic carbocycles. The Morgan fingerprint density at radius 2 is 1.75 bits per heavy atom. The number of amides is 1. The molecule has 4 rings (SSSR count). The normalized spacial score (nSPS) is 10.8. The zero-order valence-electron chi connectivity index (χ0n) is 15.9. The van der Waals surface area contributed by atoms with Crippen molar-refractivity contribution in [2.45, 2.75) is 13.8 Å². The predicted molar refractivity (Wildman–Crippen MR) is 109 cm³/mol. The minimum absolute atomic E-state index is 0.198. The van der Waals surface area contributed by atoms with Crippen molar-refractivity contribution in [3.8, 4) is 11.4 Å². The van der Waals surface area contributed by atoms with Crippen LogP contribution in [0.2, 0.25) is 0 Å². The van der Waals surface area contributed by atoms with Crippen molar-refractivity contribution in [3.05, 3.63) is 77.6 Å². The molecule has 0 bridgehead atoms. The number of fused-ring (bicyclic) bond motifs is 1. The van der Waals surface area contributed by atoms with Gasteiger partial charge in [-0.2, -0.15) is 5.10 Å². The largest absolute Gasteiger partial charge is 0.497 e. The number of rotatable bonds is 4. The van der Waals surface area contributed by atoms with Crippen molar-refractivity contribution in [1.82, 2.24) is 14.8 Å². The maximum absolute atomic E-state index is 13.0. The first kappa shape index (κ1) is 17.7. The van der Waals surface area contributed by atoms with Crippen LogP contribution in [0.3, 0.4) is 0 Å². The molecule has 0 spiro atoms. The number of hydrogen-bond donors (Lipinski definition) is 1. The first-order chi connectivity index (χ1) is 13.6. The number of hydrogen-bond acceptors (Lipinski definition) is 4. The van der Waals surface area contributed by atoms with Gasteiger partial charge in [0.1, 0.15) is 5.75 Å². The standard InChI is InChI=1S/C22H20N4O2/c1-14-13-19(22(27)24-16-9-11-18(28-3)12-10-16)20-15(2)25-26(21(20)23-14)17-7-5-4-6-8-17/h4-13H,1-3H3,(H,24,27). The molecule has 0 saturated carbocycles. The summed E-state index contributed by atoms with van der Waals surface area (Å²) in [7, 11) is 1.61. The number of para-hydroxylation sites is 1. The Morgan fingerprint density at radius 1 is 1.04 bits per heavy atom. The van der Waals surface area contributed by atoms with E-state index in [2.05, 4.69) is 15.4 Å². The van der Waals surface area contributed by atoms with E-state index in [0.29, 0.717) is 16.9 Å². The summed E-state index contributed by atoms with van der Waals surface area (Å²) >= 11 is 0. The fourth-order valence-corrected chi connectivity index (χ4v) is 3.22. The number of methoxy groups -OCH3 is 1. The molecule has 6 nitrogen and oxygen atoms in total. The fraction of sp³-hybridized carbons (Fsp3) is 0.136. The zero-order chi connectivity index (χ0) is 19.7. The van der Waals surface area contributed by atoms with Crippen molar-refractivity contribution >= 4 is 22.6 Å². The topological polar surface area (TPSA) is 69.0 Å². The summed E-state index contributed by atoms with van der Waals surface area (Å²) < 4.78 is 6.94. The minimum Gasteiger partial charge on any atom is -0.497 e. The smallest absolute Gasteiger partial charge is 0.256 e. The Bertz CT molecular complexity index is 1150. The van der Waals surface area contributed by atoms with Crippen LogP contribution in [0.15, 0.2) is 60.7 Å². The van der Waals surface area contributed by atoms with Crippen LogP contribution in [0.25, 0.3) is 16.7 Å². The van der Waals surface area contributed by atoms with Gasteiger partial charge in [0.25, 0.3) is 5.91 Å². The van der Waals surface area contributed by atoms with Crippen molar-refractivity contribution < 1.29 is 9.53 Å². The molecule has 0 unspecified atom stereocenters. The molecule has 0 fully saturated rings. The Morgan fingerprint density at radius 3 is 2.43 bits per heavy atom. The highest BCUT2D eigenvalue weighted by Crippen LogP contribution is 2.26. The Hall–Kier alpha value is -3.67. The number of pyridine rings is 1. The van der Waals surface area contributed by atoms with Crippen molar-refractivity contribution in [1.29, 1.82) is 0 Å². The van der Waals surface area contributed by atoms with Gasteiger partial charge in [-0.3, -0.25) is 4.79 Å². The van der Waals surface area contributed by atoms with Gasteiger partial charge in [-0.1, -0.05) is 18.2 Å². The summed E-state index contributed by atoms with van der Waals surface area (Å²) in [6.45, 7) is 3.77. The molecule has 0 radical (unpaired) electrons. The fourth-order valence-electron chi connectivity index (χ4n) is 3.22. The Balaban J connectivity index is 1.78. The molecule has 1 N–H and O–H groups in total. The highest BCUT2D eigenvalue weighted by atomic mass is 16.5. The molecule has 6 heteroatoms. The highest BCUT2D eigenvalue weighted by molar-refractivity contribution is 6.12. The number of aromatic nitrogens is 3. The van der Waals surface area contributed by atoms with Crippen LogP contribution < -0.4 is 10.1 Å². The van der Waals surface area contributed by atoms with E-state index in [9.17, 15) is 4.79 Å². The second-order valence-electron chi connectivity index (χ2n) is 6.53. The van der Waals surface area contributed by atoms with E-state index in [4.69, 9.17) is 4.74 Å². The van der Waals surface area contributed by atoms with Gasteiger partial charge in [0, 0.05) is 11.4 Å². The molecule has 2 heterocycles. The van der Waals surface area contributed by atoms with Gasteiger partial charge in [-0.25, -0.2) is 9.67 Å². The summed E-state index contributed by atoms with van der Waals surface area (Å²) in [6.07, 6.45) is 0. The van der Waals surface area contributed by atoms with E-state index in [1.54, 1.807) is 17.9 Å². The summed E-state index contributed by atoms with van der Waals surface area (Å²) in [5.74, 6) is 0.538. The average Bonchev–Trinajstić information content (AvgIpc) is 3.05. The maximum Gasteiger partial charge on any atom is 0.256 e. The van der Waals surface area contributed by atoms with Gasteiger partial charge in [0.2, 0.25) is 0 Å². The van der Waals surface area contributed by atoms with Gasteiger partial charge in [-0.15, -0.1) is 0 Å². The molecule has 2 aromatic heterocycles. The lowest BCUT2D eigenvalue weighted by atomic mass is 10.1. The van der Waals surface area contributed by atoms with E-state index in [-0.39, 0.29) is 5.91 Å². The van der Waals surface area contributed by atoms with Crippen LogP contribution in [-0.2, 0) is 0 Å². The molecule has 0 saturated heterocycles. The van der Waals surface area contributed by atoms with Gasteiger partial charge in [0.15, 0.2) is 5.65 Å². The molecule has 140 valence electrons. The van der Waals surface area contributed by atoms with E-state index in [1.165, 1.54) is 0 Å². The number of nitrogens with one attached hydrogen (secondary N) is 1. The third-order valence-corrected chi connectivity index (χ3v) is 4.53. The third-order valence-electron chi connectivity index (χ3n) is 4.53. The average molecular weight is 372 g/mol. The summed E-state index contributed by atoms with van der Waals surface area (Å²) in [4.78, 5) is 17.7. The monoisotopic (exact) mass is 372 g/mol. The van der Waals surface area contributed by atoms with Gasteiger partial charge in [-0.05, 0) is 56.3 Å². The Labute approximate surface area is 162 Å². The SMILES string of the molecule is COc1ccc(NC(=O)c2cc(C)nc3c2c(C)nn3-c2ccccc2)cc1. The van der Waals surface area contributed by atoms with Crippen molar-refractivity contribution in [2.75, 3.05) is 12.4 Å². The maximum atomic E-state index is 13.0. The van der Waals surface area contributed by atoms with Crippen LogP contribution in [0.4, 0.5) is 5.69 Å². The molecule has 4 aromatic rings. The quantitative estimate of drug-likeness (QED) is 0.580. The van der Waals surface area contributed by atoms with Gasteiger partial charge in [0.05, 0.1) is 29.4 Å². The molecular weight excluding hydrogens is 352 g/mol. The number of ether oxygens (including phenoxy) is 1. The molecule has 0 aliphatic rings. The number of benzene rings is 2. The number of carbonyl (C=O) groups is 1. The molecule has 2 aromatic carbocycles. The van der Waals surface area contributed by atoms with Gasteiger partial charge < -0.3 is 10.1 Å². The number of nitrogens with zero attached hydrogens (tertiary/aromatic N) is 3. The molecular formula is C22H20N4O2. The first-order valence-electron chi connectivity index (χ1n) is 8.94. The third kappa shape index (κ3) is 3.20. The Kier molecular flexibility index (Phi) is 4.53. The molecule has 28 heavy (non-hydrogen) atoms. The summed E-state index contributed by atoms with van der Waals surface area (Å²) in [5, 5.41) is 8.33. The zero-order valence-corrected chi connectivity index (χ0v) is 15.9. The second kappa shape index (κ2) is 7.15. The van der Waals surface area contributed by atoms with Gasteiger partial charge >= 0.3 is 0 Å². The summed E-state index contributed by atoms with van der Waals surface area (Å²) in [6, 6.07) is 18.8. The molecule has 0 atom stereocenters.